The van der Waals surface area contributed by atoms with Crippen LogP contribution < -0.4 is 0 Å². The summed E-state index contributed by atoms with van der Waals surface area (Å²) in [5.41, 5.74) is 0. The van der Waals surface area contributed by atoms with Gasteiger partial charge in [0.25, 0.3) is 0 Å². The quantitative estimate of drug-likeness (QED) is 0.851. The van der Waals surface area contributed by atoms with E-state index >= 15 is 0 Å². The summed E-state index contributed by atoms with van der Waals surface area (Å²) in [5, 5.41) is 9.37. The molecule has 118 valence electrons. The molecule has 1 saturated carbocycles. The maximum absolute atomic E-state index is 12.9. The Morgan fingerprint density at radius 2 is 1.48 bits per heavy atom. The minimum Gasteiger partial charge on any atom is -0.480 e. The van der Waals surface area contributed by atoms with Crippen molar-refractivity contribution in [1.82, 2.24) is 9.80 Å². The molecule has 21 heavy (non-hydrogen) atoms. The van der Waals surface area contributed by atoms with Crippen LogP contribution in [0.1, 0.15) is 57.8 Å². The monoisotopic (exact) mass is 294 g/mol. The predicted octanol–water partition coefficient (Wildman–Crippen LogP) is 2.70. The van der Waals surface area contributed by atoms with E-state index in [2.05, 4.69) is 0 Å². The van der Waals surface area contributed by atoms with Gasteiger partial charge in [0.1, 0.15) is 6.04 Å². The van der Waals surface area contributed by atoms with E-state index in [1.54, 1.807) is 4.90 Å². The largest absolute Gasteiger partial charge is 0.480 e. The Labute approximate surface area is 126 Å². The fraction of sp³-hybridized carbons (Fsp3) is 0.875. The molecule has 0 spiro atoms. The molecule has 1 aliphatic carbocycles. The van der Waals surface area contributed by atoms with Crippen molar-refractivity contribution in [1.29, 1.82) is 0 Å². The summed E-state index contributed by atoms with van der Waals surface area (Å²) in [6.45, 7) is 1.41. The van der Waals surface area contributed by atoms with E-state index in [0.717, 1.165) is 32.2 Å². The van der Waals surface area contributed by atoms with Crippen LogP contribution in [0.25, 0.3) is 0 Å². The SMILES string of the molecule is O=C(O)C1CCCCN1C(=O)N1CCCC1C1CCCC1. The van der Waals surface area contributed by atoms with Gasteiger partial charge in [-0.2, -0.15) is 0 Å². The molecule has 1 N–H and O–H groups in total. The van der Waals surface area contributed by atoms with E-state index in [0.29, 0.717) is 24.9 Å². The number of carbonyl (C=O) groups is 2. The van der Waals surface area contributed by atoms with E-state index < -0.39 is 12.0 Å². The summed E-state index contributed by atoms with van der Waals surface area (Å²) in [5.74, 6) is -0.204. The first-order chi connectivity index (χ1) is 10.2. The molecule has 0 aromatic rings. The number of carbonyl (C=O) groups excluding carboxylic acids is 1. The lowest BCUT2D eigenvalue weighted by Gasteiger charge is -2.39. The van der Waals surface area contributed by atoms with Crippen molar-refractivity contribution >= 4 is 12.0 Å². The van der Waals surface area contributed by atoms with Gasteiger partial charge in [-0.05, 0) is 50.9 Å². The first-order valence-corrected chi connectivity index (χ1v) is 8.48. The number of aliphatic carboxylic acids is 1. The zero-order valence-electron chi connectivity index (χ0n) is 12.7. The number of carboxylic acids is 1. The third-order valence-electron chi connectivity index (χ3n) is 5.52. The van der Waals surface area contributed by atoms with Crippen molar-refractivity contribution in [3.63, 3.8) is 0 Å². The van der Waals surface area contributed by atoms with Crippen LogP contribution in [0.3, 0.4) is 0 Å². The van der Waals surface area contributed by atoms with Crippen molar-refractivity contribution in [2.75, 3.05) is 13.1 Å². The van der Waals surface area contributed by atoms with Crippen LogP contribution in [0.5, 0.6) is 0 Å². The minimum atomic E-state index is -0.848. The molecule has 2 saturated heterocycles. The molecule has 2 unspecified atom stereocenters. The number of likely N-dealkylation sites (tertiary alicyclic amines) is 2. The van der Waals surface area contributed by atoms with Gasteiger partial charge >= 0.3 is 12.0 Å². The smallest absolute Gasteiger partial charge is 0.326 e. The fourth-order valence-corrected chi connectivity index (χ4v) is 4.44. The number of rotatable bonds is 2. The third kappa shape index (κ3) is 2.87. The summed E-state index contributed by atoms with van der Waals surface area (Å²) in [7, 11) is 0. The normalized spacial score (nSPS) is 30.9. The summed E-state index contributed by atoms with van der Waals surface area (Å²) >= 11 is 0. The molecule has 0 bridgehead atoms. The van der Waals surface area contributed by atoms with E-state index in [9.17, 15) is 14.7 Å². The van der Waals surface area contributed by atoms with Crippen LogP contribution in [-0.2, 0) is 4.79 Å². The van der Waals surface area contributed by atoms with Gasteiger partial charge in [0, 0.05) is 19.1 Å². The topological polar surface area (TPSA) is 60.9 Å². The molecule has 2 amide bonds. The molecule has 0 radical (unpaired) electrons. The fourth-order valence-electron chi connectivity index (χ4n) is 4.44. The second kappa shape index (κ2) is 6.24. The molecule has 5 nitrogen and oxygen atoms in total. The molecule has 0 aromatic carbocycles. The molecule has 5 heteroatoms. The average Bonchev–Trinajstić information content (AvgIpc) is 3.16. The standard InChI is InChI=1S/C16H26N2O3/c19-15(20)14-8-3-4-10-18(14)16(21)17-11-5-9-13(17)12-6-1-2-7-12/h12-14H,1-11H2,(H,19,20). The highest BCUT2D eigenvalue weighted by molar-refractivity contribution is 5.83. The molecule has 2 heterocycles. The first-order valence-electron chi connectivity index (χ1n) is 8.48. The highest BCUT2D eigenvalue weighted by atomic mass is 16.4. The Balaban J connectivity index is 1.71. The number of hydrogen-bond acceptors (Lipinski definition) is 2. The number of piperidine rings is 1. The highest BCUT2D eigenvalue weighted by Gasteiger charge is 2.41. The van der Waals surface area contributed by atoms with E-state index in [4.69, 9.17) is 0 Å². The van der Waals surface area contributed by atoms with Crippen LogP contribution in [0.2, 0.25) is 0 Å². The lowest BCUT2D eigenvalue weighted by atomic mass is 9.96. The summed E-state index contributed by atoms with van der Waals surface area (Å²) in [6.07, 6.45) is 9.64. The Morgan fingerprint density at radius 3 is 2.19 bits per heavy atom. The molecule has 3 rings (SSSR count). The lowest BCUT2D eigenvalue weighted by molar-refractivity contribution is -0.143. The maximum atomic E-state index is 12.9. The van der Waals surface area contributed by atoms with Crippen LogP contribution in [0, 0.1) is 5.92 Å². The van der Waals surface area contributed by atoms with Crippen LogP contribution >= 0.6 is 0 Å². The van der Waals surface area contributed by atoms with Gasteiger partial charge < -0.3 is 14.9 Å². The molecular weight excluding hydrogens is 268 g/mol. The zero-order chi connectivity index (χ0) is 14.8. The van der Waals surface area contributed by atoms with Gasteiger partial charge in [-0.1, -0.05) is 12.8 Å². The van der Waals surface area contributed by atoms with Crippen LogP contribution in [0.4, 0.5) is 4.79 Å². The zero-order valence-corrected chi connectivity index (χ0v) is 12.7. The second-order valence-electron chi connectivity index (χ2n) is 6.77. The van der Waals surface area contributed by atoms with Gasteiger partial charge in [-0.25, -0.2) is 9.59 Å². The van der Waals surface area contributed by atoms with E-state index in [1.807, 2.05) is 4.90 Å². The first kappa shape index (κ1) is 14.7. The maximum Gasteiger partial charge on any atom is 0.326 e. The van der Waals surface area contributed by atoms with Crippen LogP contribution in [-0.4, -0.2) is 52.1 Å². The molecule has 2 atom stereocenters. The predicted molar refractivity (Wildman–Crippen MR) is 79.1 cm³/mol. The van der Waals surface area contributed by atoms with Crippen LogP contribution in [0.15, 0.2) is 0 Å². The number of carboxylic acid groups (broad SMARTS) is 1. The number of hydrogen-bond donors (Lipinski definition) is 1. The summed E-state index contributed by atoms with van der Waals surface area (Å²) in [6, 6.07) is -0.274. The van der Waals surface area contributed by atoms with Crippen molar-refractivity contribution in [3.8, 4) is 0 Å². The van der Waals surface area contributed by atoms with Crippen molar-refractivity contribution in [2.24, 2.45) is 5.92 Å². The second-order valence-corrected chi connectivity index (χ2v) is 6.77. The van der Waals surface area contributed by atoms with E-state index in [1.165, 1.54) is 25.7 Å². The molecule has 2 aliphatic heterocycles. The third-order valence-corrected chi connectivity index (χ3v) is 5.52. The minimum absolute atomic E-state index is 0.0171. The van der Waals surface area contributed by atoms with Crippen molar-refractivity contribution < 1.29 is 14.7 Å². The van der Waals surface area contributed by atoms with E-state index in [-0.39, 0.29) is 6.03 Å². The van der Waals surface area contributed by atoms with Gasteiger partial charge in [0.15, 0.2) is 0 Å². The molecule has 0 aromatic heterocycles. The Kier molecular flexibility index (Phi) is 4.36. The van der Waals surface area contributed by atoms with Crippen molar-refractivity contribution in [3.05, 3.63) is 0 Å². The van der Waals surface area contributed by atoms with Crippen molar-refractivity contribution in [2.45, 2.75) is 69.9 Å². The number of amides is 2. The Bertz CT molecular complexity index is 406. The van der Waals surface area contributed by atoms with Gasteiger partial charge in [-0.3, -0.25) is 0 Å². The average molecular weight is 294 g/mol. The molecule has 3 fully saturated rings. The Morgan fingerprint density at radius 1 is 0.810 bits per heavy atom. The van der Waals surface area contributed by atoms with Gasteiger partial charge in [-0.15, -0.1) is 0 Å². The number of nitrogens with zero attached hydrogens (tertiary/aromatic N) is 2. The van der Waals surface area contributed by atoms with Gasteiger partial charge in [0.05, 0.1) is 0 Å². The summed E-state index contributed by atoms with van der Waals surface area (Å²) in [4.78, 5) is 27.9. The molecular formula is C16H26N2O3. The van der Waals surface area contributed by atoms with Gasteiger partial charge in [0.2, 0.25) is 0 Å². The number of urea groups is 1. The Hall–Kier alpha value is -1.26. The highest BCUT2D eigenvalue weighted by Crippen LogP contribution is 2.36. The summed E-state index contributed by atoms with van der Waals surface area (Å²) < 4.78 is 0. The lowest BCUT2D eigenvalue weighted by Crippen LogP contribution is -2.54. The molecule has 3 aliphatic rings.